The van der Waals surface area contributed by atoms with E-state index < -0.39 is 0 Å². The molecule has 0 saturated heterocycles. The largest absolute Gasteiger partial charge is 0.383 e. The number of fused-ring (bicyclic) bond motifs is 1. The number of nitrogen functional groups attached to an aromatic ring is 1. The van der Waals surface area contributed by atoms with Gasteiger partial charge in [0, 0.05) is 23.3 Å². The van der Waals surface area contributed by atoms with Crippen molar-refractivity contribution in [3.05, 3.63) is 52.4 Å². The van der Waals surface area contributed by atoms with Crippen LogP contribution in [-0.2, 0) is 6.54 Å². The Hall–Kier alpha value is -1.92. The zero-order chi connectivity index (χ0) is 19.8. The molecule has 2 heterocycles. The summed E-state index contributed by atoms with van der Waals surface area (Å²) in [5.41, 5.74) is 9.84. The number of nitrogens with two attached hydrogens (primary N) is 1. The zero-order valence-electron chi connectivity index (χ0n) is 16.6. The fraction of sp³-hybridized carbons (Fsp3) is 0.478. The Morgan fingerprint density at radius 2 is 1.93 bits per heavy atom. The molecule has 152 valence electrons. The summed E-state index contributed by atoms with van der Waals surface area (Å²) in [5.74, 6) is 2.05. The van der Waals surface area contributed by atoms with E-state index in [2.05, 4.69) is 66.2 Å². The van der Waals surface area contributed by atoms with Gasteiger partial charge in [0.25, 0.3) is 0 Å². The fourth-order valence-electron chi connectivity index (χ4n) is 4.88. The van der Waals surface area contributed by atoms with Gasteiger partial charge in [0.05, 0.1) is 5.39 Å². The molecule has 0 spiro atoms. The number of hydrogen-bond acceptors (Lipinski definition) is 4. The minimum Gasteiger partial charge on any atom is -0.383 e. The van der Waals surface area contributed by atoms with E-state index >= 15 is 0 Å². The second-order valence-corrected chi connectivity index (χ2v) is 9.53. The number of nitrogens with one attached hydrogen (secondary N) is 1. The average Bonchev–Trinajstić information content (AvgIpc) is 3.30. The molecule has 5 nitrogen and oxygen atoms in total. The molecule has 2 aliphatic rings. The molecule has 2 unspecified atom stereocenters. The van der Waals surface area contributed by atoms with Crippen LogP contribution >= 0.6 is 15.9 Å². The number of anilines is 1. The van der Waals surface area contributed by atoms with Crippen molar-refractivity contribution < 1.29 is 0 Å². The van der Waals surface area contributed by atoms with E-state index in [1.807, 2.05) is 0 Å². The normalized spacial score (nSPS) is 22.2. The van der Waals surface area contributed by atoms with Gasteiger partial charge in [0.2, 0.25) is 0 Å². The molecule has 0 amide bonds. The van der Waals surface area contributed by atoms with Gasteiger partial charge < -0.3 is 15.6 Å². The third-order valence-electron chi connectivity index (χ3n) is 6.83. The first-order valence-corrected chi connectivity index (χ1v) is 11.5. The maximum atomic E-state index is 6.06. The summed E-state index contributed by atoms with van der Waals surface area (Å²) in [6.07, 6.45) is 11.4. The van der Waals surface area contributed by atoms with E-state index in [-0.39, 0.29) is 0 Å². The highest BCUT2D eigenvalue weighted by Crippen LogP contribution is 2.43. The van der Waals surface area contributed by atoms with E-state index in [0.29, 0.717) is 17.8 Å². The van der Waals surface area contributed by atoms with Crippen molar-refractivity contribution in [2.75, 3.05) is 12.3 Å². The predicted octanol–water partition coefficient (Wildman–Crippen LogP) is 5.17. The van der Waals surface area contributed by atoms with Crippen molar-refractivity contribution in [2.45, 2.75) is 57.0 Å². The van der Waals surface area contributed by atoms with E-state index in [9.17, 15) is 0 Å². The smallest absolute Gasteiger partial charge is 0.146 e. The number of hydrogen-bond donors (Lipinski definition) is 2. The van der Waals surface area contributed by atoms with E-state index in [0.717, 1.165) is 40.8 Å². The SMILES string of the molecule is Nc1ncnc2c1c(Br)cn2C1CCC(c2ccc(CNCC3CCC3)cc2)C1. The molecule has 6 heteroatoms. The van der Waals surface area contributed by atoms with E-state index in [1.54, 1.807) is 6.33 Å². The zero-order valence-corrected chi connectivity index (χ0v) is 18.2. The number of nitrogens with zero attached hydrogens (tertiary/aromatic N) is 3. The molecule has 2 atom stereocenters. The molecule has 1 aromatic carbocycles. The van der Waals surface area contributed by atoms with Crippen LogP contribution in [0.25, 0.3) is 11.0 Å². The second-order valence-electron chi connectivity index (χ2n) is 8.68. The van der Waals surface area contributed by atoms with Crippen LogP contribution in [0.3, 0.4) is 0 Å². The first kappa shape index (κ1) is 19.1. The molecule has 2 aromatic heterocycles. The van der Waals surface area contributed by atoms with Gasteiger partial charge in [0.1, 0.15) is 17.8 Å². The number of halogens is 1. The van der Waals surface area contributed by atoms with Crippen molar-refractivity contribution in [3.8, 4) is 0 Å². The Morgan fingerprint density at radius 1 is 1.10 bits per heavy atom. The van der Waals surface area contributed by atoms with Crippen molar-refractivity contribution in [3.63, 3.8) is 0 Å². The lowest BCUT2D eigenvalue weighted by atomic mass is 9.85. The molecule has 2 saturated carbocycles. The summed E-state index contributed by atoms with van der Waals surface area (Å²) in [6, 6.07) is 9.71. The Kier molecular flexibility index (Phi) is 5.31. The fourth-order valence-corrected chi connectivity index (χ4v) is 5.48. The molecule has 0 radical (unpaired) electrons. The predicted molar refractivity (Wildman–Crippen MR) is 121 cm³/mol. The van der Waals surface area contributed by atoms with Crippen LogP contribution < -0.4 is 11.1 Å². The van der Waals surface area contributed by atoms with Crippen molar-refractivity contribution in [1.82, 2.24) is 19.9 Å². The third kappa shape index (κ3) is 3.80. The first-order valence-electron chi connectivity index (χ1n) is 10.7. The Balaban J connectivity index is 1.24. The highest BCUT2D eigenvalue weighted by molar-refractivity contribution is 9.10. The first-order chi connectivity index (χ1) is 14.2. The van der Waals surface area contributed by atoms with E-state index in [4.69, 9.17) is 5.73 Å². The highest BCUT2D eigenvalue weighted by atomic mass is 79.9. The average molecular weight is 454 g/mol. The molecule has 3 N–H and O–H groups in total. The molecule has 29 heavy (non-hydrogen) atoms. The molecule has 2 aliphatic carbocycles. The minimum absolute atomic E-state index is 0.451. The molecule has 2 fully saturated rings. The van der Waals surface area contributed by atoms with Crippen LogP contribution in [-0.4, -0.2) is 21.1 Å². The van der Waals surface area contributed by atoms with Gasteiger partial charge in [-0.25, -0.2) is 9.97 Å². The summed E-state index contributed by atoms with van der Waals surface area (Å²) >= 11 is 3.63. The molecular formula is C23H28BrN5. The van der Waals surface area contributed by atoms with Gasteiger partial charge in [-0.05, 0) is 77.5 Å². The Bertz CT molecular complexity index is 992. The molecular weight excluding hydrogens is 426 g/mol. The summed E-state index contributed by atoms with van der Waals surface area (Å²) in [4.78, 5) is 8.64. The molecule has 3 aromatic rings. The van der Waals surface area contributed by atoms with Gasteiger partial charge in [-0.1, -0.05) is 30.7 Å². The Labute approximate surface area is 180 Å². The standard InChI is InChI=1S/C23H28BrN5/c24-20-13-29(23-21(20)22(25)27-14-28-23)19-9-8-18(10-19)17-6-4-16(5-7-17)12-26-11-15-2-1-3-15/h4-7,13-15,18-19,26H,1-3,8-12H2,(H2,25,27,28). The summed E-state index contributed by atoms with van der Waals surface area (Å²) in [7, 11) is 0. The van der Waals surface area contributed by atoms with Crippen LogP contribution in [0.2, 0.25) is 0 Å². The van der Waals surface area contributed by atoms with Crippen molar-refractivity contribution in [1.29, 1.82) is 0 Å². The van der Waals surface area contributed by atoms with Gasteiger partial charge in [-0.2, -0.15) is 0 Å². The van der Waals surface area contributed by atoms with Crippen LogP contribution in [0.5, 0.6) is 0 Å². The van der Waals surface area contributed by atoms with Crippen LogP contribution in [0.15, 0.2) is 41.3 Å². The number of aromatic nitrogens is 3. The lowest BCUT2D eigenvalue weighted by molar-refractivity contribution is 0.301. The van der Waals surface area contributed by atoms with Crippen molar-refractivity contribution in [2.24, 2.45) is 5.92 Å². The summed E-state index contributed by atoms with van der Waals surface area (Å²) < 4.78 is 3.27. The maximum Gasteiger partial charge on any atom is 0.146 e. The summed E-state index contributed by atoms with van der Waals surface area (Å²) in [6.45, 7) is 2.15. The highest BCUT2D eigenvalue weighted by Gasteiger charge is 2.29. The Morgan fingerprint density at radius 3 is 2.69 bits per heavy atom. The van der Waals surface area contributed by atoms with Gasteiger partial charge in [0.15, 0.2) is 0 Å². The summed E-state index contributed by atoms with van der Waals surface area (Å²) in [5, 5.41) is 4.54. The quantitative estimate of drug-likeness (QED) is 0.539. The molecule has 0 aliphatic heterocycles. The van der Waals surface area contributed by atoms with Gasteiger partial charge in [-0.3, -0.25) is 0 Å². The molecule has 5 rings (SSSR count). The maximum absolute atomic E-state index is 6.06. The minimum atomic E-state index is 0.451. The topological polar surface area (TPSA) is 68.8 Å². The van der Waals surface area contributed by atoms with E-state index in [1.165, 1.54) is 43.4 Å². The monoisotopic (exact) mass is 453 g/mol. The van der Waals surface area contributed by atoms with Crippen LogP contribution in [0.4, 0.5) is 5.82 Å². The van der Waals surface area contributed by atoms with Crippen LogP contribution in [0.1, 0.15) is 61.6 Å². The van der Waals surface area contributed by atoms with Crippen molar-refractivity contribution >= 4 is 32.8 Å². The third-order valence-corrected chi connectivity index (χ3v) is 7.43. The van der Waals surface area contributed by atoms with Gasteiger partial charge in [-0.15, -0.1) is 0 Å². The number of rotatable bonds is 6. The van der Waals surface area contributed by atoms with Crippen LogP contribution in [0, 0.1) is 5.92 Å². The lowest BCUT2D eigenvalue weighted by Gasteiger charge is -2.25. The number of benzene rings is 1. The molecule has 0 bridgehead atoms. The van der Waals surface area contributed by atoms with Gasteiger partial charge >= 0.3 is 0 Å². The second kappa shape index (κ2) is 8.07. The lowest BCUT2D eigenvalue weighted by Crippen LogP contribution is -2.26.